The SMILES string of the molecule is COC(=O)c1ccc(C)c(NC(=S)NC[C@@H]2CCCO2)c1. The molecule has 0 aliphatic carbocycles. The monoisotopic (exact) mass is 308 g/mol. The third kappa shape index (κ3) is 4.41. The average Bonchev–Trinajstić information content (AvgIpc) is 3.00. The van der Waals surface area contributed by atoms with E-state index < -0.39 is 0 Å². The first-order chi connectivity index (χ1) is 10.1. The van der Waals surface area contributed by atoms with Crippen molar-refractivity contribution in [3.05, 3.63) is 29.3 Å². The fourth-order valence-corrected chi connectivity index (χ4v) is 2.37. The number of rotatable bonds is 4. The summed E-state index contributed by atoms with van der Waals surface area (Å²) in [5.74, 6) is -0.365. The Hall–Kier alpha value is -1.66. The van der Waals surface area contributed by atoms with E-state index in [0.29, 0.717) is 17.2 Å². The molecule has 5 nitrogen and oxygen atoms in total. The highest BCUT2D eigenvalue weighted by atomic mass is 32.1. The van der Waals surface area contributed by atoms with Crippen LogP contribution in [0.25, 0.3) is 0 Å². The molecule has 0 spiro atoms. The number of nitrogens with one attached hydrogen (secondary N) is 2. The molecule has 0 unspecified atom stereocenters. The molecule has 1 saturated heterocycles. The van der Waals surface area contributed by atoms with Crippen molar-refractivity contribution in [2.75, 3.05) is 25.6 Å². The standard InChI is InChI=1S/C15H20N2O3S/c1-10-5-6-11(14(18)19-2)8-13(10)17-15(21)16-9-12-4-3-7-20-12/h5-6,8,12H,3-4,7,9H2,1-2H3,(H2,16,17,21)/t12-/m0/s1. The molecule has 114 valence electrons. The zero-order valence-electron chi connectivity index (χ0n) is 12.3. The molecule has 2 rings (SSSR count). The van der Waals surface area contributed by atoms with E-state index in [2.05, 4.69) is 10.6 Å². The Bertz CT molecular complexity index is 528. The van der Waals surface area contributed by atoms with Crippen LogP contribution in [0.4, 0.5) is 5.69 Å². The first kappa shape index (κ1) is 15.7. The molecule has 1 aliphatic heterocycles. The molecule has 0 aromatic heterocycles. The van der Waals surface area contributed by atoms with Gasteiger partial charge in [-0.15, -0.1) is 0 Å². The summed E-state index contributed by atoms with van der Waals surface area (Å²) < 4.78 is 10.3. The van der Waals surface area contributed by atoms with Crippen LogP contribution in [-0.2, 0) is 9.47 Å². The minimum absolute atomic E-state index is 0.229. The number of methoxy groups -OCH3 is 1. The van der Waals surface area contributed by atoms with Gasteiger partial charge in [0.05, 0.1) is 18.8 Å². The van der Waals surface area contributed by atoms with Crippen molar-refractivity contribution in [3.8, 4) is 0 Å². The summed E-state index contributed by atoms with van der Waals surface area (Å²) in [6.07, 6.45) is 2.39. The zero-order valence-corrected chi connectivity index (χ0v) is 13.1. The Kier molecular flexibility index (Phi) is 5.52. The fraction of sp³-hybridized carbons (Fsp3) is 0.467. The van der Waals surface area contributed by atoms with Crippen molar-refractivity contribution in [2.45, 2.75) is 25.9 Å². The highest BCUT2D eigenvalue weighted by Gasteiger charge is 2.15. The van der Waals surface area contributed by atoms with Crippen molar-refractivity contribution in [3.63, 3.8) is 0 Å². The maximum Gasteiger partial charge on any atom is 0.337 e. The summed E-state index contributed by atoms with van der Waals surface area (Å²) in [7, 11) is 1.36. The van der Waals surface area contributed by atoms with Crippen LogP contribution in [0.15, 0.2) is 18.2 Å². The van der Waals surface area contributed by atoms with E-state index in [-0.39, 0.29) is 12.1 Å². The maximum absolute atomic E-state index is 11.5. The van der Waals surface area contributed by atoms with E-state index >= 15 is 0 Å². The van der Waals surface area contributed by atoms with E-state index in [9.17, 15) is 4.79 Å². The number of aryl methyl sites for hydroxylation is 1. The largest absolute Gasteiger partial charge is 0.465 e. The van der Waals surface area contributed by atoms with Gasteiger partial charge in [-0.2, -0.15) is 0 Å². The van der Waals surface area contributed by atoms with Crippen LogP contribution in [0.1, 0.15) is 28.8 Å². The summed E-state index contributed by atoms with van der Waals surface area (Å²) in [4.78, 5) is 11.5. The lowest BCUT2D eigenvalue weighted by Crippen LogP contribution is -2.35. The third-order valence-corrected chi connectivity index (χ3v) is 3.67. The lowest BCUT2D eigenvalue weighted by Gasteiger charge is -2.15. The molecule has 0 amide bonds. The van der Waals surface area contributed by atoms with Crippen molar-refractivity contribution in [2.24, 2.45) is 0 Å². The molecule has 21 heavy (non-hydrogen) atoms. The molecule has 1 aromatic carbocycles. The van der Waals surface area contributed by atoms with Gasteiger partial charge in [0.1, 0.15) is 0 Å². The second kappa shape index (κ2) is 7.38. The molecule has 0 saturated carbocycles. The quantitative estimate of drug-likeness (QED) is 0.657. The minimum Gasteiger partial charge on any atom is -0.465 e. The molecule has 1 fully saturated rings. The van der Waals surface area contributed by atoms with Crippen LogP contribution in [0.2, 0.25) is 0 Å². The molecule has 6 heteroatoms. The van der Waals surface area contributed by atoms with Gasteiger partial charge >= 0.3 is 5.97 Å². The number of anilines is 1. The smallest absolute Gasteiger partial charge is 0.337 e. The summed E-state index contributed by atoms with van der Waals surface area (Å²) in [6, 6.07) is 5.33. The van der Waals surface area contributed by atoms with Crippen LogP contribution in [-0.4, -0.2) is 37.4 Å². The Balaban J connectivity index is 1.94. The average molecular weight is 308 g/mol. The summed E-state index contributed by atoms with van der Waals surface area (Å²) >= 11 is 5.27. The second-order valence-corrected chi connectivity index (χ2v) is 5.40. The molecular formula is C15H20N2O3S. The van der Waals surface area contributed by atoms with Crippen molar-refractivity contribution in [1.29, 1.82) is 0 Å². The predicted molar refractivity (Wildman–Crippen MR) is 85.7 cm³/mol. The van der Waals surface area contributed by atoms with Gasteiger partial charge in [-0.1, -0.05) is 6.07 Å². The first-order valence-electron chi connectivity index (χ1n) is 6.95. The molecular weight excluding hydrogens is 288 g/mol. The molecule has 0 radical (unpaired) electrons. The van der Waals surface area contributed by atoms with Gasteiger partial charge in [-0.25, -0.2) is 4.79 Å². The van der Waals surface area contributed by atoms with Crippen molar-refractivity contribution >= 4 is 29.0 Å². The number of hydrogen-bond acceptors (Lipinski definition) is 4. The van der Waals surface area contributed by atoms with E-state index in [1.165, 1.54) is 7.11 Å². The van der Waals surface area contributed by atoms with Gasteiger partial charge < -0.3 is 20.1 Å². The Morgan fingerprint density at radius 2 is 2.33 bits per heavy atom. The number of carbonyl (C=O) groups excluding carboxylic acids is 1. The van der Waals surface area contributed by atoms with E-state index in [1.807, 2.05) is 13.0 Å². The van der Waals surface area contributed by atoms with Crippen LogP contribution in [0, 0.1) is 6.92 Å². The number of carbonyl (C=O) groups is 1. The number of ether oxygens (including phenoxy) is 2. The summed E-state index contributed by atoms with van der Waals surface area (Å²) in [6.45, 7) is 3.47. The van der Waals surface area contributed by atoms with Crippen LogP contribution in [0.5, 0.6) is 0 Å². The van der Waals surface area contributed by atoms with E-state index in [4.69, 9.17) is 21.7 Å². The number of benzene rings is 1. The zero-order chi connectivity index (χ0) is 15.2. The van der Waals surface area contributed by atoms with Gasteiger partial charge in [0.25, 0.3) is 0 Å². The number of esters is 1. The minimum atomic E-state index is -0.365. The van der Waals surface area contributed by atoms with Gasteiger partial charge in [0, 0.05) is 18.8 Å². The molecule has 1 aromatic rings. The summed E-state index contributed by atoms with van der Waals surface area (Å²) in [5, 5.41) is 6.78. The van der Waals surface area contributed by atoms with E-state index in [0.717, 1.165) is 30.7 Å². The normalized spacial score (nSPS) is 17.3. The van der Waals surface area contributed by atoms with Gasteiger partial charge in [0.15, 0.2) is 5.11 Å². The second-order valence-electron chi connectivity index (χ2n) is 4.99. The molecule has 1 heterocycles. The van der Waals surface area contributed by atoms with E-state index in [1.54, 1.807) is 12.1 Å². The number of thiocarbonyl (C=S) groups is 1. The number of hydrogen-bond donors (Lipinski definition) is 2. The lowest BCUT2D eigenvalue weighted by atomic mass is 10.1. The van der Waals surface area contributed by atoms with Gasteiger partial charge in [-0.3, -0.25) is 0 Å². The highest BCUT2D eigenvalue weighted by Crippen LogP contribution is 2.17. The fourth-order valence-electron chi connectivity index (χ4n) is 2.18. The predicted octanol–water partition coefficient (Wildman–Crippen LogP) is 2.25. The van der Waals surface area contributed by atoms with Crippen LogP contribution >= 0.6 is 12.2 Å². The third-order valence-electron chi connectivity index (χ3n) is 3.42. The van der Waals surface area contributed by atoms with Crippen LogP contribution < -0.4 is 10.6 Å². The Labute approximate surface area is 130 Å². The molecule has 2 N–H and O–H groups in total. The van der Waals surface area contributed by atoms with Crippen LogP contribution in [0.3, 0.4) is 0 Å². The van der Waals surface area contributed by atoms with Gasteiger partial charge in [-0.05, 0) is 49.7 Å². The van der Waals surface area contributed by atoms with Crippen molar-refractivity contribution in [1.82, 2.24) is 5.32 Å². The Morgan fingerprint density at radius 3 is 3.00 bits per heavy atom. The lowest BCUT2D eigenvalue weighted by molar-refractivity contribution is 0.0601. The highest BCUT2D eigenvalue weighted by molar-refractivity contribution is 7.80. The summed E-state index contributed by atoms with van der Waals surface area (Å²) in [5.41, 5.74) is 2.29. The van der Waals surface area contributed by atoms with Crippen molar-refractivity contribution < 1.29 is 14.3 Å². The molecule has 1 atom stereocenters. The van der Waals surface area contributed by atoms with Gasteiger partial charge in [0.2, 0.25) is 0 Å². The molecule has 0 bridgehead atoms. The topological polar surface area (TPSA) is 59.6 Å². The Morgan fingerprint density at radius 1 is 1.52 bits per heavy atom. The first-order valence-corrected chi connectivity index (χ1v) is 7.36. The molecule has 1 aliphatic rings. The maximum atomic E-state index is 11.5.